The predicted octanol–water partition coefficient (Wildman–Crippen LogP) is -0.288. The molecule has 0 amide bonds. The van der Waals surface area contributed by atoms with Gasteiger partial charge in [-0.25, -0.2) is 0 Å². The van der Waals surface area contributed by atoms with Gasteiger partial charge < -0.3 is 9.90 Å². The molecule has 0 saturated carbocycles. The van der Waals surface area contributed by atoms with Gasteiger partial charge in [0, 0.05) is 5.97 Å². The van der Waals surface area contributed by atoms with E-state index in [0.29, 0.717) is 0 Å². The van der Waals surface area contributed by atoms with Crippen molar-refractivity contribution in [1.82, 2.24) is 15.4 Å². The predicted molar refractivity (Wildman–Crippen MR) is 44.6 cm³/mol. The largest absolute Gasteiger partial charge is 1.00 e. The molecule has 1 N–H and O–H groups in total. The number of H-pyrrole nitrogens is 1. The fourth-order valence-corrected chi connectivity index (χ4v) is 0.786. The van der Waals surface area contributed by atoms with Crippen molar-refractivity contribution < 1.29 is 27.0 Å². The number of hydrogen-bond donors (Lipinski definition) is 1. The number of nitrogens with one attached hydrogen (secondary N) is 1. The van der Waals surface area contributed by atoms with E-state index >= 15 is 0 Å². The van der Waals surface area contributed by atoms with Crippen LogP contribution in [0.3, 0.4) is 0 Å². The summed E-state index contributed by atoms with van der Waals surface area (Å²) in [5.41, 5.74) is 1.83. The zero-order valence-corrected chi connectivity index (χ0v) is 8.26. The van der Waals surface area contributed by atoms with Crippen LogP contribution in [0.5, 0.6) is 0 Å². The van der Waals surface area contributed by atoms with Crippen LogP contribution in [0.25, 0.3) is 11.0 Å². The van der Waals surface area contributed by atoms with Crippen LogP contribution in [-0.2, 0) is 21.9 Å². The van der Waals surface area contributed by atoms with E-state index in [1.165, 1.54) is 0 Å². The average molecular weight is 242 g/mol. The Morgan fingerprint density at radius 1 is 1.29 bits per heavy atom. The zero-order valence-electron chi connectivity index (χ0n) is 7.32. The molecule has 0 spiro atoms. The molecule has 0 bridgehead atoms. The van der Waals surface area contributed by atoms with Crippen molar-refractivity contribution in [3.05, 3.63) is 24.3 Å². The number of hydrogen-bond acceptors (Lipinski definition) is 4. The number of fused-ring (bicyclic) bond motifs is 1. The molecule has 0 atom stereocenters. The van der Waals surface area contributed by atoms with E-state index in [2.05, 4.69) is 15.4 Å². The second-order valence-corrected chi connectivity index (χ2v) is 2.30. The molecule has 2 aromatic rings. The van der Waals surface area contributed by atoms with E-state index in [4.69, 9.17) is 9.90 Å². The van der Waals surface area contributed by atoms with Crippen molar-refractivity contribution in [3.8, 4) is 0 Å². The van der Waals surface area contributed by atoms with E-state index in [1.807, 2.05) is 24.3 Å². The van der Waals surface area contributed by atoms with Gasteiger partial charge in [0.15, 0.2) is 0 Å². The van der Waals surface area contributed by atoms with Crippen LogP contribution in [0.2, 0.25) is 0 Å². The number of para-hydroxylation sites is 2. The summed E-state index contributed by atoms with van der Waals surface area (Å²) in [6.45, 7) is 0.972. The number of rotatable bonds is 0. The molecule has 78 valence electrons. The molecule has 6 heteroatoms. The van der Waals surface area contributed by atoms with Crippen molar-refractivity contribution in [2.24, 2.45) is 0 Å². The minimum atomic E-state index is -1.08. The third kappa shape index (κ3) is 4.02. The maximum atomic E-state index is 8.89. The summed E-state index contributed by atoms with van der Waals surface area (Å²) in [5.74, 6) is -1.08. The summed E-state index contributed by atoms with van der Waals surface area (Å²) in [5, 5.41) is 19.2. The third-order valence-corrected chi connectivity index (χ3v) is 1.22. The third-order valence-electron chi connectivity index (χ3n) is 1.22. The first-order valence-electron chi connectivity index (χ1n) is 3.63. The molecule has 0 saturated heterocycles. The van der Waals surface area contributed by atoms with Gasteiger partial charge in [0.05, 0.1) is 0 Å². The molecule has 2 rings (SSSR count). The van der Waals surface area contributed by atoms with Gasteiger partial charge in [-0.15, -0.1) is 0 Å². The van der Waals surface area contributed by atoms with E-state index in [9.17, 15) is 0 Å². The number of benzene rings is 1. The maximum absolute atomic E-state index is 8.89. The number of nitrogens with zero attached hydrogens (tertiary/aromatic N) is 2. The fourth-order valence-electron chi connectivity index (χ4n) is 0.786. The SMILES string of the molecule is CC(=O)[O-].[Cu+].c1ccc2n[nH]nc2c1. The minimum Gasteiger partial charge on any atom is -0.550 e. The molecule has 14 heavy (non-hydrogen) atoms. The first-order valence-corrected chi connectivity index (χ1v) is 3.63. The molecule has 0 radical (unpaired) electrons. The van der Waals surface area contributed by atoms with Crippen molar-refractivity contribution in [2.75, 3.05) is 0 Å². The van der Waals surface area contributed by atoms with Crippen molar-refractivity contribution in [1.29, 1.82) is 0 Å². The molecular formula is C8H8CuN3O2. The monoisotopic (exact) mass is 241 g/mol. The number of aromatic amines is 1. The molecule has 0 aliphatic carbocycles. The quantitative estimate of drug-likeness (QED) is 0.643. The van der Waals surface area contributed by atoms with Crippen molar-refractivity contribution in [2.45, 2.75) is 6.92 Å². The molecule has 5 nitrogen and oxygen atoms in total. The first kappa shape index (κ1) is 12.6. The molecule has 0 unspecified atom stereocenters. The number of aromatic nitrogens is 3. The number of carbonyl (C=O) groups is 1. The van der Waals surface area contributed by atoms with Crippen LogP contribution in [0.15, 0.2) is 24.3 Å². The molecule has 1 aromatic carbocycles. The standard InChI is InChI=1S/C6H5N3.C2H4O2.Cu/c1-2-4-6-5(3-1)7-9-8-6;1-2(3)4;/h1-4H,(H,7,8,9);1H3,(H,3,4);/q;;+1/p-1. The summed E-state index contributed by atoms with van der Waals surface area (Å²) in [4.78, 5) is 8.89. The van der Waals surface area contributed by atoms with Gasteiger partial charge in [-0.2, -0.15) is 15.4 Å². The smallest absolute Gasteiger partial charge is 0.550 e. The normalized spacial score (nSPS) is 8.36. The van der Waals surface area contributed by atoms with Crippen molar-refractivity contribution >= 4 is 17.0 Å². The van der Waals surface area contributed by atoms with E-state index in [0.717, 1.165) is 18.0 Å². The number of aliphatic carboxylic acids is 1. The van der Waals surface area contributed by atoms with Gasteiger partial charge in [-0.05, 0) is 19.1 Å². The van der Waals surface area contributed by atoms with Crippen LogP contribution in [-0.4, -0.2) is 21.4 Å². The molecule has 1 aromatic heterocycles. The minimum absolute atomic E-state index is 0. The van der Waals surface area contributed by atoms with Crippen LogP contribution < -0.4 is 5.11 Å². The summed E-state index contributed by atoms with van der Waals surface area (Å²) >= 11 is 0. The van der Waals surface area contributed by atoms with Gasteiger partial charge in [-0.3, -0.25) is 0 Å². The van der Waals surface area contributed by atoms with E-state index in [1.54, 1.807) is 0 Å². The summed E-state index contributed by atoms with van der Waals surface area (Å²) in [6, 6.07) is 7.70. The Kier molecular flexibility index (Phi) is 5.51. The maximum Gasteiger partial charge on any atom is 1.00 e. The Labute approximate surface area is 91.0 Å². The number of carbonyl (C=O) groups excluding carboxylic acids is 1. The number of carboxylic acids is 1. The Morgan fingerprint density at radius 3 is 2.00 bits per heavy atom. The zero-order chi connectivity index (χ0) is 9.68. The molecule has 0 fully saturated rings. The molecular weight excluding hydrogens is 234 g/mol. The Morgan fingerprint density at radius 2 is 1.64 bits per heavy atom. The van der Waals surface area contributed by atoms with Gasteiger partial charge in [-0.1, -0.05) is 12.1 Å². The van der Waals surface area contributed by atoms with Gasteiger partial charge in [0.25, 0.3) is 0 Å². The van der Waals surface area contributed by atoms with E-state index in [-0.39, 0.29) is 17.1 Å². The Bertz CT molecular complexity index is 368. The topological polar surface area (TPSA) is 81.7 Å². The summed E-state index contributed by atoms with van der Waals surface area (Å²) < 4.78 is 0. The molecule has 1 heterocycles. The Hall–Kier alpha value is -1.39. The van der Waals surface area contributed by atoms with Crippen LogP contribution >= 0.6 is 0 Å². The summed E-state index contributed by atoms with van der Waals surface area (Å²) in [7, 11) is 0. The number of carboxylic acid groups (broad SMARTS) is 1. The second kappa shape index (κ2) is 6.12. The first-order chi connectivity index (χ1) is 6.20. The average Bonchev–Trinajstić information content (AvgIpc) is 2.49. The van der Waals surface area contributed by atoms with Crippen LogP contribution in [0, 0.1) is 0 Å². The summed E-state index contributed by atoms with van der Waals surface area (Å²) in [6.07, 6.45) is 0. The van der Waals surface area contributed by atoms with E-state index < -0.39 is 5.97 Å². The molecule has 0 aliphatic heterocycles. The van der Waals surface area contributed by atoms with Gasteiger partial charge in [0.2, 0.25) is 0 Å². The van der Waals surface area contributed by atoms with Crippen molar-refractivity contribution in [3.63, 3.8) is 0 Å². The van der Waals surface area contributed by atoms with Crippen LogP contribution in [0.1, 0.15) is 6.92 Å². The molecule has 0 aliphatic rings. The van der Waals surface area contributed by atoms with Gasteiger partial charge in [0.1, 0.15) is 11.0 Å². The second-order valence-electron chi connectivity index (χ2n) is 2.30. The van der Waals surface area contributed by atoms with Crippen LogP contribution in [0.4, 0.5) is 0 Å². The van der Waals surface area contributed by atoms with Gasteiger partial charge >= 0.3 is 17.1 Å². The fraction of sp³-hybridized carbons (Fsp3) is 0.125. The Balaban J connectivity index is 0.000000299.